The van der Waals surface area contributed by atoms with Gasteiger partial charge in [-0.2, -0.15) is 5.26 Å². The molecule has 27 heavy (non-hydrogen) atoms. The average Bonchev–Trinajstić information content (AvgIpc) is 2.69. The number of hydrogen-bond acceptors (Lipinski definition) is 3. The van der Waals surface area contributed by atoms with Gasteiger partial charge in [-0.1, -0.05) is 35.9 Å². The van der Waals surface area contributed by atoms with Crippen LogP contribution in [0.3, 0.4) is 0 Å². The van der Waals surface area contributed by atoms with Gasteiger partial charge in [0.25, 0.3) is 0 Å². The van der Waals surface area contributed by atoms with Crippen LogP contribution in [0.2, 0.25) is 5.02 Å². The quantitative estimate of drug-likeness (QED) is 0.808. The van der Waals surface area contributed by atoms with Gasteiger partial charge in [-0.05, 0) is 49.2 Å². The van der Waals surface area contributed by atoms with E-state index >= 15 is 0 Å². The minimum atomic E-state index is -0.570. The molecule has 0 saturated carbocycles. The number of rotatable bonds is 4. The fourth-order valence-electron chi connectivity index (χ4n) is 3.44. The van der Waals surface area contributed by atoms with Crippen LogP contribution in [-0.2, 0) is 16.8 Å². The van der Waals surface area contributed by atoms with Crippen molar-refractivity contribution in [1.29, 1.82) is 5.26 Å². The Labute approximate surface area is 166 Å². The molecule has 1 fully saturated rings. The zero-order valence-corrected chi connectivity index (χ0v) is 16.5. The van der Waals surface area contributed by atoms with E-state index in [0.29, 0.717) is 10.6 Å². The van der Waals surface area contributed by atoms with E-state index in [0.717, 1.165) is 38.3 Å². The van der Waals surface area contributed by atoms with Crippen molar-refractivity contribution in [3.05, 3.63) is 70.2 Å². The van der Waals surface area contributed by atoms with Crippen molar-refractivity contribution in [3.63, 3.8) is 0 Å². The first-order chi connectivity index (χ1) is 12.9. The van der Waals surface area contributed by atoms with Crippen LogP contribution in [0.4, 0.5) is 0 Å². The largest absolute Gasteiger partial charge is 0.339 e. The lowest BCUT2D eigenvalue weighted by atomic mass is 9.83. The highest BCUT2D eigenvalue weighted by atomic mass is 35.5. The normalized spacial score (nSPS) is 15.4. The van der Waals surface area contributed by atoms with E-state index in [2.05, 4.69) is 11.0 Å². The molecule has 0 unspecified atom stereocenters. The highest BCUT2D eigenvalue weighted by Crippen LogP contribution is 2.27. The van der Waals surface area contributed by atoms with E-state index in [1.165, 1.54) is 5.56 Å². The summed E-state index contributed by atoms with van der Waals surface area (Å²) in [5.41, 5.74) is 2.28. The summed E-state index contributed by atoms with van der Waals surface area (Å²) in [6.45, 7) is 7.95. The molecule has 0 atom stereocenters. The van der Waals surface area contributed by atoms with E-state index in [-0.39, 0.29) is 5.91 Å². The number of carbonyl (C=O) groups excluding carboxylic acids is 1. The van der Waals surface area contributed by atoms with Crippen LogP contribution in [0.15, 0.2) is 48.5 Å². The van der Waals surface area contributed by atoms with Gasteiger partial charge in [0.1, 0.15) is 0 Å². The molecule has 0 aromatic heterocycles. The predicted octanol–water partition coefficient (Wildman–Crippen LogP) is 3.83. The van der Waals surface area contributed by atoms with Crippen molar-refractivity contribution < 1.29 is 4.79 Å². The fraction of sp³-hybridized carbons (Fsp3) is 0.364. The van der Waals surface area contributed by atoms with E-state index in [1.54, 1.807) is 0 Å². The summed E-state index contributed by atoms with van der Waals surface area (Å²) in [5, 5.41) is 9.57. The van der Waals surface area contributed by atoms with Gasteiger partial charge in [-0.15, -0.1) is 0 Å². The Balaban J connectivity index is 1.58. The smallest absolute Gasteiger partial charge is 0.232 e. The minimum Gasteiger partial charge on any atom is -0.339 e. The first kappa shape index (κ1) is 19.4. The highest BCUT2D eigenvalue weighted by molar-refractivity contribution is 6.30. The maximum Gasteiger partial charge on any atom is 0.232 e. The summed E-state index contributed by atoms with van der Waals surface area (Å²) in [5.74, 6) is 0.155. The molecule has 1 heterocycles. The number of piperazine rings is 1. The molecule has 1 aliphatic heterocycles. The average molecular weight is 382 g/mol. The Morgan fingerprint density at radius 3 is 2.19 bits per heavy atom. The SMILES string of the molecule is CC(C)(C(=O)N1CCN(Cc2ccc(C#N)cc2)CC1)c1ccc(Cl)cc1. The number of amides is 1. The monoisotopic (exact) mass is 381 g/mol. The molecule has 5 heteroatoms. The van der Waals surface area contributed by atoms with E-state index in [9.17, 15) is 4.79 Å². The third kappa shape index (κ3) is 4.50. The molecule has 0 N–H and O–H groups in total. The lowest BCUT2D eigenvalue weighted by molar-refractivity contribution is -0.138. The van der Waals surface area contributed by atoms with Crippen LogP contribution in [-0.4, -0.2) is 41.9 Å². The molecule has 0 spiro atoms. The van der Waals surface area contributed by atoms with Crippen molar-refractivity contribution in [1.82, 2.24) is 9.80 Å². The molecule has 0 aliphatic carbocycles. The second-order valence-corrected chi connectivity index (χ2v) is 7.95. The van der Waals surface area contributed by atoms with Crippen LogP contribution in [0.25, 0.3) is 0 Å². The molecule has 1 amide bonds. The van der Waals surface area contributed by atoms with Gasteiger partial charge in [-0.25, -0.2) is 0 Å². The summed E-state index contributed by atoms with van der Waals surface area (Å²) in [7, 11) is 0. The molecule has 2 aromatic carbocycles. The van der Waals surface area contributed by atoms with E-state index in [1.807, 2.05) is 67.3 Å². The van der Waals surface area contributed by atoms with E-state index in [4.69, 9.17) is 16.9 Å². The third-order valence-electron chi connectivity index (χ3n) is 5.25. The third-order valence-corrected chi connectivity index (χ3v) is 5.50. The van der Waals surface area contributed by atoms with Gasteiger partial charge in [0, 0.05) is 37.7 Å². The zero-order chi connectivity index (χ0) is 19.4. The van der Waals surface area contributed by atoms with Crippen LogP contribution >= 0.6 is 11.6 Å². The van der Waals surface area contributed by atoms with Crippen LogP contribution in [0.1, 0.15) is 30.5 Å². The Morgan fingerprint density at radius 1 is 1.04 bits per heavy atom. The molecular weight excluding hydrogens is 358 g/mol. The molecule has 1 aliphatic rings. The summed E-state index contributed by atoms with van der Waals surface area (Å²) in [4.78, 5) is 17.4. The lowest BCUT2D eigenvalue weighted by Crippen LogP contribution is -2.52. The lowest BCUT2D eigenvalue weighted by Gasteiger charge is -2.38. The molecule has 0 bridgehead atoms. The summed E-state index contributed by atoms with van der Waals surface area (Å²) >= 11 is 5.97. The molecule has 3 rings (SSSR count). The summed E-state index contributed by atoms with van der Waals surface area (Å²) in [6.07, 6.45) is 0. The molecule has 1 saturated heterocycles. The Kier molecular flexibility index (Phi) is 5.84. The Morgan fingerprint density at radius 2 is 1.63 bits per heavy atom. The maximum atomic E-state index is 13.1. The van der Waals surface area contributed by atoms with Gasteiger partial charge in [0.2, 0.25) is 5.91 Å². The number of halogens is 1. The minimum absolute atomic E-state index is 0.155. The standard InChI is InChI=1S/C22H24ClN3O/c1-22(2,19-7-9-20(23)10-8-19)21(27)26-13-11-25(12-14-26)16-18-5-3-17(15-24)4-6-18/h3-10H,11-14,16H2,1-2H3. The number of benzene rings is 2. The van der Waals surface area contributed by atoms with Crippen LogP contribution in [0.5, 0.6) is 0 Å². The number of hydrogen-bond donors (Lipinski definition) is 0. The number of carbonyl (C=O) groups is 1. The van der Waals surface area contributed by atoms with Crippen molar-refractivity contribution >= 4 is 17.5 Å². The second kappa shape index (κ2) is 8.12. The second-order valence-electron chi connectivity index (χ2n) is 7.51. The Hall–Kier alpha value is -2.35. The van der Waals surface area contributed by atoms with Gasteiger partial charge in [0.15, 0.2) is 0 Å². The summed E-state index contributed by atoms with van der Waals surface area (Å²) in [6, 6.07) is 17.4. The molecule has 2 aromatic rings. The molecule has 140 valence electrons. The van der Waals surface area contributed by atoms with Gasteiger partial charge < -0.3 is 4.90 Å². The number of nitrogens with zero attached hydrogens (tertiary/aromatic N) is 3. The van der Waals surface area contributed by atoms with Gasteiger partial charge >= 0.3 is 0 Å². The molecule has 4 nitrogen and oxygen atoms in total. The fourth-order valence-corrected chi connectivity index (χ4v) is 3.56. The summed E-state index contributed by atoms with van der Waals surface area (Å²) < 4.78 is 0. The van der Waals surface area contributed by atoms with Crippen molar-refractivity contribution in [3.8, 4) is 6.07 Å². The molecule has 0 radical (unpaired) electrons. The van der Waals surface area contributed by atoms with E-state index < -0.39 is 5.41 Å². The zero-order valence-electron chi connectivity index (χ0n) is 15.8. The van der Waals surface area contributed by atoms with Crippen molar-refractivity contribution in [2.45, 2.75) is 25.8 Å². The highest BCUT2D eigenvalue weighted by Gasteiger charge is 2.35. The topological polar surface area (TPSA) is 47.3 Å². The van der Waals surface area contributed by atoms with Crippen molar-refractivity contribution in [2.75, 3.05) is 26.2 Å². The Bertz CT molecular complexity index is 829. The van der Waals surface area contributed by atoms with Gasteiger partial charge in [0.05, 0.1) is 17.0 Å². The number of nitriles is 1. The van der Waals surface area contributed by atoms with Gasteiger partial charge in [-0.3, -0.25) is 9.69 Å². The van der Waals surface area contributed by atoms with Crippen molar-refractivity contribution in [2.24, 2.45) is 0 Å². The first-order valence-corrected chi connectivity index (χ1v) is 9.55. The predicted molar refractivity (Wildman–Crippen MR) is 107 cm³/mol. The maximum absolute atomic E-state index is 13.1. The first-order valence-electron chi connectivity index (χ1n) is 9.17. The van der Waals surface area contributed by atoms with Crippen LogP contribution < -0.4 is 0 Å². The molecular formula is C22H24ClN3O. The van der Waals surface area contributed by atoms with Crippen LogP contribution in [0, 0.1) is 11.3 Å².